The molecule has 2 aromatic heterocycles. The Morgan fingerprint density at radius 2 is 2.25 bits per heavy atom. The molecule has 0 saturated carbocycles. The predicted octanol–water partition coefficient (Wildman–Crippen LogP) is 3.67. The fourth-order valence-corrected chi connectivity index (χ4v) is 2.78. The highest BCUT2D eigenvalue weighted by atomic mass is 79.9. The SMILES string of the molecule is CN(Cc1cccs1)c1ncccc1CBr. The van der Waals surface area contributed by atoms with Crippen LogP contribution in [0.5, 0.6) is 0 Å². The van der Waals surface area contributed by atoms with Gasteiger partial charge in [0.25, 0.3) is 0 Å². The maximum Gasteiger partial charge on any atom is 0.132 e. The van der Waals surface area contributed by atoms with E-state index in [2.05, 4.69) is 56.4 Å². The van der Waals surface area contributed by atoms with Gasteiger partial charge in [-0.3, -0.25) is 0 Å². The molecule has 0 unspecified atom stereocenters. The average Bonchev–Trinajstić information content (AvgIpc) is 2.81. The number of rotatable bonds is 4. The highest BCUT2D eigenvalue weighted by molar-refractivity contribution is 9.08. The van der Waals surface area contributed by atoms with Crippen molar-refractivity contribution in [2.45, 2.75) is 11.9 Å². The number of nitrogens with zero attached hydrogens (tertiary/aromatic N) is 2. The van der Waals surface area contributed by atoms with Crippen molar-refractivity contribution in [2.24, 2.45) is 0 Å². The molecular weight excluding hydrogens is 284 g/mol. The van der Waals surface area contributed by atoms with E-state index in [0.717, 1.165) is 17.7 Å². The lowest BCUT2D eigenvalue weighted by atomic mass is 10.2. The summed E-state index contributed by atoms with van der Waals surface area (Å²) in [4.78, 5) is 7.97. The van der Waals surface area contributed by atoms with E-state index < -0.39 is 0 Å². The van der Waals surface area contributed by atoms with Crippen LogP contribution in [0.4, 0.5) is 5.82 Å². The third-order valence-corrected chi connectivity index (χ3v) is 3.81. The predicted molar refractivity (Wildman–Crippen MR) is 73.3 cm³/mol. The molecule has 4 heteroatoms. The van der Waals surface area contributed by atoms with Crippen molar-refractivity contribution < 1.29 is 0 Å². The van der Waals surface area contributed by atoms with Gasteiger partial charge in [-0.2, -0.15) is 0 Å². The summed E-state index contributed by atoms with van der Waals surface area (Å²) in [6, 6.07) is 8.30. The number of hydrogen-bond acceptors (Lipinski definition) is 3. The molecule has 0 spiro atoms. The Hall–Kier alpha value is -0.870. The molecule has 2 nitrogen and oxygen atoms in total. The molecule has 16 heavy (non-hydrogen) atoms. The molecule has 0 aromatic carbocycles. The molecule has 2 rings (SSSR count). The maximum atomic E-state index is 4.43. The van der Waals surface area contributed by atoms with Crippen LogP contribution < -0.4 is 4.90 Å². The molecule has 84 valence electrons. The van der Waals surface area contributed by atoms with Crippen molar-refractivity contribution in [2.75, 3.05) is 11.9 Å². The summed E-state index contributed by atoms with van der Waals surface area (Å²) in [6.07, 6.45) is 1.84. The molecule has 0 aliphatic carbocycles. The summed E-state index contributed by atoms with van der Waals surface area (Å²) in [5, 5.41) is 2.94. The van der Waals surface area contributed by atoms with Gasteiger partial charge < -0.3 is 4.90 Å². The fourth-order valence-electron chi connectivity index (χ4n) is 1.59. The Bertz CT molecular complexity index is 442. The van der Waals surface area contributed by atoms with Crippen molar-refractivity contribution in [3.8, 4) is 0 Å². The first kappa shape index (κ1) is 11.6. The number of anilines is 1. The van der Waals surface area contributed by atoms with Crippen molar-refractivity contribution in [3.05, 3.63) is 46.3 Å². The van der Waals surface area contributed by atoms with Gasteiger partial charge in [-0.1, -0.05) is 28.1 Å². The van der Waals surface area contributed by atoms with E-state index in [4.69, 9.17) is 0 Å². The Balaban J connectivity index is 2.17. The van der Waals surface area contributed by atoms with Crippen molar-refractivity contribution in [3.63, 3.8) is 0 Å². The lowest BCUT2D eigenvalue weighted by Crippen LogP contribution is -2.18. The number of halogens is 1. The van der Waals surface area contributed by atoms with E-state index in [9.17, 15) is 0 Å². The second-order valence-corrected chi connectivity index (χ2v) is 5.15. The lowest BCUT2D eigenvalue weighted by molar-refractivity contribution is 0.903. The zero-order valence-corrected chi connectivity index (χ0v) is 11.5. The first-order valence-electron chi connectivity index (χ1n) is 5.04. The number of aromatic nitrogens is 1. The minimum atomic E-state index is 0.838. The lowest BCUT2D eigenvalue weighted by Gasteiger charge is -2.19. The largest absolute Gasteiger partial charge is 0.354 e. The highest BCUT2D eigenvalue weighted by Crippen LogP contribution is 2.21. The molecule has 2 aromatic rings. The van der Waals surface area contributed by atoms with Crippen LogP contribution in [0, 0.1) is 0 Å². The topological polar surface area (TPSA) is 16.1 Å². The van der Waals surface area contributed by atoms with Gasteiger partial charge in [0.1, 0.15) is 5.82 Å². The van der Waals surface area contributed by atoms with E-state index in [1.165, 1.54) is 10.4 Å². The standard InChI is InChI=1S/C12H13BrN2S/c1-15(9-11-5-3-7-16-11)12-10(8-13)4-2-6-14-12/h2-7H,8-9H2,1H3. The fraction of sp³-hybridized carbons (Fsp3) is 0.250. The molecule has 0 aliphatic rings. The second kappa shape index (κ2) is 5.46. The monoisotopic (exact) mass is 296 g/mol. The molecule has 0 N–H and O–H groups in total. The van der Waals surface area contributed by atoms with Crippen LogP contribution in [0.2, 0.25) is 0 Å². The third kappa shape index (κ3) is 2.62. The van der Waals surface area contributed by atoms with E-state index in [0.29, 0.717) is 0 Å². The van der Waals surface area contributed by atoms with E-state index in [-0.39, 0.29) is 0 Å². The van der Waals surface area contributed by atoms with Gasteiger partial charge in [0.15, 0.2) is 0 Å². The van der Waals surface area contributed by atoms with Gasteiger partial charge in [-0.15, -0.1) is 11.3 Å². The minimum Gasteiger partial charge on any atom is -0.354 e. The quantitative estimate of drug-likeness (QED) is 0.800. The van der Waals surface area contributed by atoms with Crippen LogP contribution in [-0.2, 0) is 11.9 Å². The van der Waals surface area contributed by atoms with Crippen LogP contribution >= 0.6 is 27.3 Å². The van der Waals surface area contributed by atoms with Gasteiger partial charge in [-0.25, -0.2) is 4.98 Å². The average molecular weight is 297 g/mol. The van der Waals surface area contributed by atoms with E-state index in [1.807, 2.05) is 12.3 Å². The van der Waals surface area contributed by atoms with Crippen LogP contribution in [0.25, 0.3) is 0 Å². The Kier molecular flexibility index (Phi) is 3.96. The Morgan fingerprint density at radius 1 is 1.38 bits per heavy atom. The zero-order valence-electron chi connectivity index (χ0n) is 9.06. The summed E-state index contributed by atoms with van der Waals surface area (Å²) >= 11 is 5.27. The zero-order chi connectivity index (χ0) is 11.4. The van der Waals surface area contributed by atoms with Crippen LogP contribution in [-0.4, -0.2) is 12.0 Å². The summed E-state index contributed by atoms with van der Waals surface area (Å²) in [5.41, 5.74) is 1.22. The van der Waals surface area contributed by atoms with Gasteiger partial charge in [-0.05, 0) is 17.5 Å². The molecule has 0 amide bonds. The molecule has 0 aliphatic heterocycles. The second-order valence-electron chi connectivity index (χ2n) is 3.56. The van der Waals surface area contributed by atoms with Crippen molar-refractivity contribution >= 4 is 33.1 Å². The summed E-state index contributed by atoms with van der Waals surface area (Å²) in [6.45, 7) is 0.911. The maximum absolute atomic E-state index is 4.43. The number of pyridine rings is 1. The smallest absolute Gasteiger partial charge is 0.132 e. The van der Waals surface area contributed by atoms with E-state index >= 15 is 0 Å². The normalized spacial score (nSPS) is 10.4. The highest BCUT2D eigenvalue weighted by Gasteiger charge is 2.08. The first-order chi connectivity index (χ1) is 7.81. The Morgan fingerprint density at radius 3 is 2.94 bits per heavy atom. The van der Waals surface area contributed by atoms with E-state index in [1.54, 1.807) is 11.3 Å². The number of thiophene rings is 1. The van der Waals surface area contributed by atoms with Crippen molar-refractivity contribution in [1.29, 1.82) is 0 Å². The van der Waals surface area contributed by atoms with Crippen molar-refractivity contribution in [1.82, 2.24) is 4.98 Å². The van der Waals surface area contributed by atoms with Crippen LogP contribution in [0.1, 0.15) is 10.4 Å². The van der Waals surface area contributed by atoms with Gasteiger partial charge in [0.2, 0.25) is 0 Å². The third-order valence-electron chi connectivity index (χ3n) is 2.35. The summed E-state index contributed by atoms with van der Waals surface area (Å²) in [7, 11) is 2.08. The number of hydrogen-bond donors (Lipinski definition) is 0. The molecule has 0 atom stereocenters. The Labute approximate surface area is 108 Å². The minimum absolute atomic E-state index is 0.838. The van der Waals surface area contributed by atoms with Gasteiger partial charge >= 0.3 is 0 Å². The summed E-state index contributed by atoms with van der Waals surface area (Å²) < 4.78 is 0. The summed E-state index contributed by atoms with van der Waals surface area (Å²) in [5.74, 6) is 1.05. The molecule has 2 heterocycles. The van der Waals surface area contributed by atoms with Gasteiger partial charge in [0.05, 0.1) is 6.54 Å². The molecule has 0 fully saturated rings. The molecule has 0 saturated heterocycles. The molecule has 0 bridgehead atoms. The van der Waals surface area contributed by atoms with Gasteiger partial charge in [0, 0.05) is 29.0 Å². The molecule has 0 radical (unpaired) electrons. The van der Waals surface area contributed by atoms with Crippen LogP contribution in [0.3, 0.4) is 0 Å². The van der Waals surface area contributed by atoms with Crippen LogP contribution in [0.15, 0.2) is 35.8 Å². The molecular formula is C12H13BrN2S. The number of alkyl halides is 1. The first-order valence-corrected chi connectivity index (χ1v) is 7.04.